The molecule has 0 atom stereocenters. The van der Waals surface area contributed by atoms with Gasteiger partial charge in [-0.2, -0.15) is 0 Å². The van der Waals surface area contributed by atoms with E-state index >= 15 is 0 Å². The van der Waals surface area contributed by atoms with E-state index in [-0.39, 0.29) is 11.3 Å². The van der Waals surface area contributed by atoms with Crippen LogP contribution < -0.4 is 19.9 Å². The summed E-state index contributed by atoms with van der Waals surface area (Å²) in [6, 6.07) is 45.5. The number of phenolic OH excluding ortho intramolecular Hbond substituents is 1. The topological polar surface area (TPSA) is 79.2 Å². The second kappa shape index (κ2) is 25.1. The van der Waals surface area contributed by atoms with E-state index in [0.29, 0.717) is 11.5 Å². The van der Waals surface area contributed by atoms with E-state index in [4.69, 9.17) is 9.47 Å². The summed E-state index contributed by atoms with van der Waals surface area (Å²) >= 11 is 0. The average molecular weight is 813 g/mol. The van der Waals surface area contributed by atoms with Crippen molar-refractivity contribution in [3.05, 3.63) is 192 Å². The standard InChI is InChI=1S/C34H26O5.C18H22.2C2H6/c1-38-25-14-10-21(11-15-25)32-28-6-2-4-8-30(28)33(31-9-5-3-7-29(31)32)22-12-16-26(17-13-22)39-27-19-23(34(36)37)18-24(35)20-27;1-3-5-7-9-13-17-15-11-12-16-18(17)14-10-8-6-4-2;2*1-2/h2-20,34-37H,1H3;3,5-9,11-16H,4,10H2,1-2H3;2*1-2H3/b;5-3+,8-6-,9-7+,17-13+,18-14+;;. The van der Waals surface area contributed by atoms with Gasteiger partial charge in [0.25, 0.3) is 0 Å². The minimum absolute atomic E-state index is 0.109. The monoisotopic (exact) mass is 812 g/mol. The predicted molar refractivity (Wildman–Crippen MR) is 260 cm³/mol. The van der Waals surface area contributed by atoms with Gasteiger partial charge in [0.15, 0.2) is 6.29 Å². The number of allylic oxidation sites excluding steroid dienone is 6. The summed E-state index contributed by atoms with van der Waals surface area (Å²) in [6.07, 6.45) is 17.4. The Labute approximate surface area is 362 Å². The normalized spacial score (nSPS) is 11.7. The van der Waals surface area contributed by atoms with Crippen LogP contribution in [0.2, 0.25) is 0 Å². The lowest BCUT2D eigenvalue weighted by molar-refractivity contribution is -0.0427. The van der Waals surface area contributed by atoms with Crippen molar-refractivity contribution in [2.45, 2.75) is 60.7 Å². The Morgan fingerprint density at radius 2 is 1.07 bits per heavy atom. The molecule has 0 aromatic heterocycles. The molecule has 0 fully saturated rings. The largest absolute Gasteiger partial charge is 0.508 e. The fourth-order valence-electron chi connectivity index (χ4n) is 6.79. The quantitative estimate of drug-likeness (QED) is 0.0525. The third kappa shape index (κ3) is 12.9. The molecular weight excluding hydrogens is 753 g/mol. The highest BCUT2D eigenvalue weighted by molar-refractivity contribution is 6.21. The van der Waals surface area contributed by atoms with E-state index < -0.39 is 6.29 Å². The molecule has 7 aromatic carbocycles. The molecule has 7 aromatic rings. The molecule has 0 amide bonds. The third-order valence-electron chi connectivity index (χ3n) is 9.46. The summed E-state index contributed by atoms with van der Waals surface area (Å²) < 4.78 is 11.3. The van der Waals surface area contributed by atoms with Gasteiger partial charge in [0.2, 0.25) is 0 Å². The molecule has 0 heterocycles. The Hall–Kier alpha value is -6.66. The molecule has 0 radical (unpaired) electrons. The van der Waals surface area contributed by atoms with Crippen LogP contribution in [0.25, 0.3) is 56.0 Å². The van der Waals surface area contributed by atoms with Gasteiger partial charge in [0.05, 0.1) is 7.11 Å². The zero-order valence-electron chi connectivity index (χ0n) is 36.5. The lowest BCUT2D eigenvalue weighted by atomic mass is 9.86. The van der Waals surface area contributed by atoms with Gasteiger partial charge in [-0.1, -0.05) is 180 Å². The number of ether oxygens (including phenoxy) is 2. The van der Waals surface area contributed by atoms with Crippen molar-refractivity contribution >= 4 is 33.7 Å². The molecule has 3 N–H and O–H groups in total. The van der Waals surface area contributed by atoms with Gasteiger partial charge in [-0.25, -0.2) is 0 Å². The SMILES string of the molecule is C/C=C/C=C/C=c1\cccc\c1=C/C/C=C\CC.CC.CC.COc1ccc(-c2c3ccccc3c(-c3ccc(Oc4cc(O)cc(C(O)O)c4)cc3)c3ccccc23)cc1. The smallest absolute Gasteiger partial charge is 0.178 e. The highest BCUT2D eigenvalue weighted by Gasteiger charge is 2.17. The van der Waals surface area contributed by atoms with E-state index in [0.717, 1.165) is 56.8 Å². The zero-order chi connectivity index (χ0) is 44.0. The number of benzene rings is 7. The minimum atomic E-state index is -1.70. The summed E-state index contributed by atoms with van der Waals surface area (Å²) in [7, 11) is 1.67. The lowest BCUT2D eigenvalue weighted by Crippen LogP contribution is -2.23. The van der Waals surface area contributed by atoms with E-state index in [2.05, 4.69) is 122 Å². The molecule has 5 heteroatoms. The third-order valence-corrected chi connectivity index (χ3v) is 9.46. The Morgan fingerprint density at radius 3 is 1.56 bits per heavy atom. The first kappa shape index (κ1) is 47.0. The highest BCUT2D eigenvalue weighted by Crippen LogP contribution is 2.44. The minimum Gasteiger partial charge on any atom is -0.508 e. The van der Waals surface area contributed by atoms with Crippen molar-refractivity contribution in [3.63, 3.8) is 0 Å². The predicted octanol–water partition coefficient (Wildman–Crippen LogP) is 13.6. The van der Waals surface area contributed by atoms with Crippen LogP contribution in [0.15, 0.2) is 176 Å². The highest BCUT2D eigenvalue weighted by atomic mass is 16.5. The molecule has 0 saturated heterocycles. The number of aromatic hydroxyl groups is 1. The van der Waals surface area contributed by atoms with Gasteiger partial charge < -0.3 is 24.8 Å². The van der Waals surface area contributed by atoms with Crippen LogP contribution in [-0.2, 0) is 0 Å². The first-order valence-corrected chi connectivity index (χ1v) is 21.2. The number of hydrogen-bond acceptors (Lipinski definition) is 5. The Bertz CT molecular complexity index is 2580. The van der Waals surface area contributed by atoms with Crippen LogP contribution in [0.4, 0.5) is 0 Å². The average Bonchev–Trinajstić information content (AvgIpc) is 3.30. The Balaban J connectivity index is 0.000000314. The zero-order valence-corrected chi connectivity index (χ0v) is 36.5. The number of fused-ring (bicyclic) bond motifs is 2. The maximum absolute atomic E-state index is 9.94. The van der Waals surface area contributed by atoms with Gasteiger partial charge in [0, 0.05) is 11.6 Å². The van der Waals surface area contributed by atoms with Gasteiger partial charge in [-0.15, -0.1) is 0 Å². The van der Waals surface area contributed by atoms with Crippen molar-refractivity contribution in [2.75, 3.05) is 7.11 Å². The first-order chi connectivity index (χ1) is 29.9. The molecule has 0 aliphatic heterocycles. The first-order valence-electron chi connectivity index (χ1n) is 21.2. The second-order valence-corrected chi connectivity index (χ2v) is 13.4. The molecule has 0 spiro atoms. The number of rotatable bonds is 11. The van der Waals surface area contributed by atoms with Gasteiger partial charge in [-0.3, -0.25) is 0 Å². The second-order valence-electron chi connectivity index (χ2n) is 13.4. The molecule has 0 bridgehead atoms. The number of aliphatic hydroxyl groups excluding tert-OH is 1. The van der Waals surface area contributed by atoms with Crippen molar-refractivity contribution in [3.8, 4) is 45.3 Å². The van der Waals surface area contributed by atoms with E-state index in [1.54, 1.807) is 7.11 Å². The summed E-state index contributed by atoms with van der Waals surface area (Å²) in [5.41, 5.74) is 4.62. The van der Waals surface area contributed by atoms with Crippen LogP contribution in [0, 0.1) is 0 Å². The van der Waals surface area contributed by atoms with E-state index in [9.17, 15) is 15.3 Å². The van der Waals surface area contributed by atoms with E-state index in [1.807, 2.05) is 89.2 Å². The lowest BCUT2D eigenvalue weighted by Gasteiger charge is -2.18. The molecule has 7 rings (SSSR count). The van der Waals surface area contributed by atoms with Crippen LogP contribution in [0.3, 0.4) is 0 Å². The molecule has 0 unspecified atom stereocenters. The molecular formula is C56H60O5. The molecule has 0 aliphatic carbocycles. The molecule has 0 saturated carbocycles. The summed E-state index contributed by atoms with van der Waals surface area (Å²) in [4.78, 5) is 0. The summed E-state index contributed by atoms with van der Waals surface area (Å²) in [5.74, 6) is 1.58. The Morgan fingerprint density at radius 1 is 0.557 bits per heavy atom. The number of phenols is 1. The number of methoxy groups -OCH3 is 1. The van der Waals surface area contributed by atoms with Crippen LogP contribution >= 0.6 is 0 Å². The number of hydrogen-bond donors (Lipinski definition) is 3. The van der Waals surface area contributed by atoms with E-state index in [1.165, 1.54) is 34.2 Å². The molecule has 5 nitrogen and oxygen atoms in total. The molecule has 314 valence electrons. The fraction of sp³-hybridized carbons (Fsp3) is 0.179. The molecule has 0 aliphatic rings. The van der Waals surface area contributed by atoms with Crippen molar-refractivity contribution in [1.29, 1.82) is 0 Å². The van der Waals surface area contributed by atoms with Crippen molar-refractivity contribution in [2.24, 2.45) is 0 Å². The van der Waals surface area contributed by atoms with Gasteiger partial charge in [-0.05, 0) is 110 Å². The van der Waals surface area contributed by atoms with Crippen LogP contribution in [-0.4, -0.2) is 22.4 Å². The van der Waals surface area contributed by atoms with Gasteiger partial charge in [0.1, 0.15) is 23.0 Å². The summed E-state index contributed by atoms with van der Waals surface area (Å²) in [6.45, 7) is 12.2. The van der Waals surface area contributed by atoms with Crippen LogP contribution in [0.1, 0.15) is 66.2 Å². The van der Waals surface area contributed by atoms with Crippen LogP contribution in [0.5, 0.6) is 23.0 Å². The Kier molecular flexibility index (Phi) is 19.3. The maximum atomic E-state index is 9.94. The number of aliphatic hydroxyl groups is 2. The van der Waals surface area contributed by atoms with Crippen molar-refractivity contribution in [1.82, 2.24) is 0 Å². The molecule has 61 heavy (non-hydrogen) atoms. The maximum Gasteiger partial charge on any atom is 0.178 e. The summed E-state index contributed by atoms with van der Waals surface area (Å²) in [5, 5.41) is 36.1. The van der Waals surface area contributed by atoms with Gasteiger partial charge >= 0.3 is 0 Å². The van der Waals surface area contributed by atoms with Crippen molar-refractivity contribution < 1.29 is 24.8 Å². The fourth-order valence-corrected chi connectivity index (χ4v) is 6.79.